The van der Waals surface area contributed by atoms with Gasteiger partial charge in [0.05, 0.1) is 24.2 Å². The van der Waals surface area contributed by atoms with E-state index >= 15 is 0 Å². The van der Waals surface area contributed by atoms with Crippen molar-refractivity contribution >= 4 is 17.5 Å². The molecule has 1 aromatic heterocycles. The predicted octanol–water partition coefficient (Wildman–Crippen LogP) is 7.01. The summed E-state index contributed by atoms with van der Waals surface area (Å²) in [6.45, 7) is 11.5. The van der Waals surface area contributed by atoms with Crippen LogP contribution in [0.4, 0.5) is 5.69 Å². The van der Waals surface area contributed by atoms with Crippen LogP contribution < -0.4 is 9.64 Å². The van der Waals surface area contributed by atoms with Gasteiger partial charge in [-0.1, -0.05) is 65.3 Å². The minimum Gasteiger partial charge on any atom is -0.497 e. The molecule has 6 nitrogen and oxygen atoms in total. The maximum Gasteiger partial charge on any atom is 0.247 e. The number of nitrogens with zero attached hydrogens (tertiary/aromatic N) is 3. The zero-order valence-corrected chi connectivity index (χ0v) is 24.3. The molecule has 0 fully saturated rings. The molecule has 2 amide bonds. The van der Waals surface area contributed by atoms with Gasteiger partial charge in [-0.2, -0.15) is 0 Å². The van der Waals surface area contributed by atoms with Crippen LogP contribution in [0.1, 0.15) is 77.6 Å². The van der Waals surface area contributed by atoms with Crippen molar-refractivity contribution < 1.29 is 14.3 Å². The van der Waals surface area contributed by atoms with Crippen LogP contribution in [0, 0.1) is 11.3 Å². The fraction of sp³-hybridized carbons (Fsp3) is 0.455. The molecule has 1 aliphatic rings. The fourth-order valence-corrected chi connectivity index (χ4v) is 5.79. The van der Waals surface area contributed by atoms with Crippen LogP contribution >= 0.6 is 0 Å². The van der Waals surface area contributed by atoms with Crippen molar-refractivity contribution in [2.75, 3.05) is 25.1 Å². The highest BCUT2D eigenvalue weighted by Gasteiger charge is 2.37. The van der Waals surface area contributed by atoms with Crippen molar-refractivity contribution in [3.8, 4) is 11.4 Å². The Labute approximate surface area is 233 Å². The van der Waals surface area contributed by atoms with Gasteiger partial charge in [0.15, 0.2) is 0 Å². The third kappa shape index (κ3) is 6.55. The highest BCUT2D eigenvalue weighted by atomic mass is 16.5. The Bertz CT molecular complexity index is 1270. The first-order valence-electron chi connectivity index (χ1n) is 14.1. The number of unbranched alkanes of at least 4 members (excludes halogenated alkanes) is 1. The number of rotatable bonds is 10. The number of carbonyl (C=O) groups is 2. The molecule has 0 bridgehead atoms. The standard InChI is InChI=1S/C33H43N3O3/c1-7-8-19-34(30(37)21-24(2)22-33(3,4)5)23-31(38)36-28-13-10-9-12-27(28)35-20-11-14-29(35)32(36)25-15-17-26(39-6)18-16-25/h9-18,20,24,32H,7-8,19,21-23H2,1-6H3. The first kappa shape index (κ1) is 28.5. The van der Waals surface area contributed by atoms with Crippen LogP contribution in [0.3, 0.4) is 0 Å². The second kappa shape index (κ2) is 12.1. The predicted molar refractivity (Wildman–Crippen MR) is 157 cm³/mol. The largest absolute Gasteiger partial charge is 0.497 e. The molecule has 2 unspecified atom stereocenters. The number of methoxy groups -OCH3 is 1. The number of fused-ring (bicyclic) bond motifs is 3. The molecule has 0 spiro atoms. The van der Waals surface area contributed by atoms with Gasteiger partial charge in [0.2, 0.25) is 11.8 Å². The number of para-hydroxylation sites is 2. The van der Waals surface area contributed by atoms with E-state index in [2.05, 4.69) is 45.3 Å². The Morgan fingerprint density at radius 2 is 1.69 bits per heavy atom. The molecule has 2 aromatic carbocycles. The van der Waals surface area contributed by atoms with Crippen LogP contribution in [0.25, 0.3) is 5.69 Å². The fourth-order valence-electron chi connectivity index (χ4n) is 5.79. The van der Waals surface area contributed by atoms with E-state index in [9.17, 15) is 9.59 Å². The van der Waals surface area contributed by atoms with Gasteiger partial charge in [0.1, 0.15) is 18.3 Å². The average Bonchev–Trinajstić information content (AvgIpc) is 3.39. The van der Waals surface area contributed by atoms with Crippen molar-refractivity contribution in [1.82, 2.24) is 9.47 Å². The Kier molecular flexibility index (Phi) is 8.83. The lowest BCUT2D eigenvalue weighted by atomic mass is 9.84. The number of aromatic nitrogens is 1. The molecule has 0 saturated heterocycles. The van der Waals surface area contributed by atoms with Crippen molar-refractivity contribution in [3.63, 3.8) is 0 Å². The number of amides is 2. The number of hydrogen-bond acceptors (Lipinski definition) is 3. The molecule has 208 valence electrons. The maximum atomic E-state index is 14.3. The van der Waals surface area contributed by atoms with Gasteiger partial charge in [-0.25, -0.2) is 0 Å². The van der Waals surface area contributed by atoms with E-state index in [0.717, 1.165) is 47.6 Å². The number of benzene rings is 2. The third-order valence-electron chi connectivity index (χ3n) is 7.36. The molecule has 0 radical (unpaired) electrons. The average molecular weight is 530 g/mol. The van der Waals surface area contributed by atoms with Crippen molar-refractivity contribution in [2.24, 2.45) is 11.3 Å². The zero-order chi connectivity index (χ0) is 28.2. The Hall–Kier alpha value is -3.54. The van der Waals surface area contributed by atoms with E-state index < -0.39 is 0 Å². The molecular formula is C33H43N3O3. The Morgan fingerprint density at radius 3 is 2.33 bits per heavy atom. The molecule has 3 aromatic rings. The maximum absolute atomic E-state index is 14.3. The minimum absolute atomic E-state index is 0.0583. The topological polar surface area (TPSA) is 54.8 Å². The zero-order valence-electron chi connectivity index (χ0n) is 24.3. The van der Waals surface area contributed by atoms with Gasteiger partial charge in [-0.15, -0.1) is 0 Å². The van der Waals surface area contributed by atoms with Crippen LogP contribution in [-0.4, -0.2) is 41.5 Å². The highest BCUT2D eigenvalue weighted by Crippen LogP contribution is 2.42. The lowest BCUT2D eigenvalue weighted by molar-refractivity contribution is -0.136. The summed E-state index contributed by atoms with van der Waals surface area (Å²) in [4.78, 5) is 31.5. The molecule has 0 N–H and O–H groups in total. The molecule has 1 aliphatic heterocycles. The van der Waals surface area contributed by atoms with Crippen LogP contribution in [0.15, 0.2) is 66.9 Å². The molecule has 2 heterocycles. The summed E-state index contributed by atoms with van der Waals surface area (Å²) >= 11 is 0. The van der Waals surface area contributed by atoms with Gasteiger partial charge in [0.25, 0.3) is 0 Å². The monoisotopic (exact) mass is 529 g/mol. The van der Waals surface area contributed by atoms with Gasteiger partial charge in [-0.3, -0.25) is 14.5 Å². The van der Waals surface area contributed by atoms with E-state index in [1.165, 1.54) is 0 Å². The highest BCUT2D eigenvalue weighted by molar-refractivity contribution is 6.00. The molecule has 2 atom stereocenters. The van der Waals surface area contributed by atoms with Gasteiger partial charge >= 0.3 is 0 Å². The molecule has 0 aliphatic carbocycles. The lowest BCUT2D eigenvalue weighted by Crippen LogP contribution is -2.47. The van der Waals surface area contributed by atoms with Crippen LogP contribution in [0.2, 0.25) is 0 Å². The minimum atomic E-state index is -0.323. The number of hydrogen-bond donors (Lipinski definition) is 0. The molecule has 0 saturated carbocycles. The van der Waals surface area contributed by atoms with E-state index in [4.69, 9.17) is 4.74 Å². The summed E-state index contributed by atoms with van der Waals surface area (Å²) in [5.41, 5.74) is 3.96. The smallest absolute Gasteiger partial charge is 0.247 e. The van der Waals surface area contributed by atoms with Crippen molar-refractivity contribution in [1.29, 1.82) is 0 Å². The lowest BCUT2D eigenvalue weighted by Gasteiger charge is -2.39. The number of anilines is 1. The van der Waals surface area contributed by atoms with Gasteiger partial charge in [-0.05, 0) is 66.1 Å². The van der Waals surface area contributed by atoms with Crippen LogP contribution in [0.5, 0.6) is 5.75 Å². The van der Waals surface area contributed by atoms with Crippen molar-refractivity contribution in [3.05, 3.63) is 78.1 Å². The van der Waals surface area contributed by atoms with Crippen molar-refractivity contribution in [2.45, 2.75) is 66.3 Å². The number of ether oxygens (including phenoxy) is 1. The summed E-state index contributed by atoms with van der Waals surface area (Å²) in [6, 6.07) is 19.7. The molecular weight excluding hydrogens is 486 g/mol. The third-order valence-corrected chi connectivity index (χ3v) is 7.36. The van der Waals surface area contributed by atoms with Gasteiger partial charge < -0.3 is 14.2 Å². The first-order valence-corrected chi connectivity index (χ1v) is 14.1. The second-order valence-corrected chi connectivity index (χ2v) is 12.0. The first-order chi connectivity index (χ1) is 18.6. The Balaban J connectivity index is 1.68. The van der Waals surface area contributed by atoms with Crippen LogP contribution in [-0.2, 0) is 9.59 Å². The summed E-state index contributed by atoms with van der Waals surface area (Å²) in [5, 5.41) is 0. The second-order valence-electron chi connectivity index (χ2n) is 12.0. The van der Waals surface area contributed by atoms with Gasteiger partial charge in [0, 0.05) is 19.2 Å². The normalized spacial score (nSPS) is 15.3. The molecule has 39 heavy (non-hydrogen) atoms. The summed E-state index contributed by atoms with van der Waals surface area (Å²) < 4.78 is 7.54. The molecule has 4 rings (SSSR count). The Morgan fingerprint density at radius 1 is 1.00 bits per heavy atom. The van der Waals surface area contributed by atoms with E-state index in [1.807, 2.05) is 65.7 Å². The van der Waals surface area contributed by atoms with E-state index in [-0.39, 0.29) is 35.7 Å². The molecule has 6 heteroatoms. The summed E-state index contributed by atoms with van der Waals surface area (Å²) in [7, 11) is 1.65. The summed E-state index contributed by atoms with van der Waals surface area (Å²) in [5.74, 6) is 0.999. The van der Waals surface area contributed by atoms with E-state index in [1.54, 1.807) is 12.0 Å². The number of carbonyl (C=O) groups excluding carboxylic acids is 2. The SMILES string of the molecule is CCCCN(CC(=O)N1c2ccccc2-n2cccc2C1c1ccc(OC)cc1)C(=O)CC(C)CC(C)(C)C. The quantitative estimate of drug-likeness (QED) is 0.284. The summed E-state index contributed by atoms with van der Waals surface area (Å²) in [6.07, 6.45) is 5.29. The van der Waals surface area contributed by atoms with E-state index in [0.29, 0.717) is 13.0 Å².